The summed E-state index contributed by atoms with van der Waals surface area (Å²) < 4.78 is 5.08. The number of rotatable bonds is 6. The van der Waals surface area contributed by atoms with E-state index in [4.69, 9.17) is 4.74 Å². The number of hydrogen-bond acceptors (Lipinski definition) is 6. The van der Waals surface area contributed by atoms with Crippen LogP contribution < -0.4 is 10.1 Å². The van der Waals surface area contributed by atoms with E-state index in [1.807, 2.05) is 0 Å². The molecule has 0 bridgehead atoms. The van der Waals surface area contributed by atoms with Crippen molar-refractivity contribution in [1.82, 2.24) is 10.2 Å². The van der Waals surface area contributed by atoms with Crippen LogP contribution in [-0.2, 0) is 0 Å². The first-order chi connectivity index (χ1) is 10.6. The second kappa shape index (κ2) is 10.4. The highest BCUT2D eigenvalue weighted by molar-refractivity contribution is 5.85. The Labute approximate surface area is 153 Å². The van der Waals surface area contributed by atoms with Crippen molar-refractivity contribution in [3.63, 3.8) is 0 Å². The van der Waals surface area contributed by atoms with Crippen LogP contribution in [-0.4, -0.2) is 48.2 Å². The number of methoxy groups -OCH3 is 1. The molecule has 136 valence electrons. The number of nitro benzene ring substituents is 1. The lowest BCUT2D eigenvalue weighted by atomic mass is 9.99. The van der Waals surface area contributed by atoms with Crippen molar-refractivity contribution in [1.29, 1.82) is 0 Å². The molecule has 1 heterocycles. The van der Waals surface area contributed by atoms with Crippen molar-refractivity contribution >= 4 is 30.5 Å². The van der Waals surface area contributed by atoms with E-state index in [1.165, 1.54) is 13.2 Å². The fourth-order valence-corrected chi connectivity index (χ4v) is 2.75. The van der Waals surface area contributed by atoms with Gasteiger partial charge in [0.2, 0.25) is 5.75 Å². The zero-order valence-electron chi connectivity index (χ0n) is 13.4. The van der Waals surface area contributed by atoms with Gasteiger partial charge in [0.1, 0.15) is 0 Å². The summed E-state index contributed by atoms with van der Waals surface area (Å²) in [5, 5.41) is 24.3. The van der Waals surface area contributed by atoms with E-state index < -0.39 is 10.7 Å². The number of halogens is 2. The summed E-state index contributed by atoms with van der Waals surface area (Å²) in [6.07, 6.45) is 2.48. The molecule has 1 saturated heterocycles. The molecule has 24 heavy (non-hydrogen) atoms. The van der Waals surface area contributed by atoms with Gasteiger partial charge >= 0.3 is 5.69 Å². The highest BCUT2D eigenvalue weighted by atomic mass is 35.5. The lowest BCUT2D eigenvalue weighted by Gasteiger charge is -2.34. The van der Waals surface area contributed by atoms with Gasteiger partial charge in [0.05, 0.1) is 12.0 Å². The summed E-state index contributed by atoms with van der Waals surface area (Å²) in [5.74, 6) is -0.317. The Morgan fingerprint density at radius 1 is 1.46 bits per heavy atom. The van der Waals surface area contributed by atoms with E-state index in [0.717, 1.165) is 31.7 Å². The topological polar surface area (TPSA) is 87.9 Å². The number of nitrogens with zero attached hydrogens (tertiary/aromatic N) is 2. The maximum atomic E-state index is 11.1. The Bertz CT molecular complexity index is 566. The smallest absolute Gasteiger partial charge is 0.314 e. The third-order valence-electron chi connectivity index (χ3n) is 3.86. The van der Waals surface area contributed by atoms with Crippen LogP contribution in [0.25, 0.3) is 0 Å². The highest BCUT2D eigenvalue weighted by Gasteiger charge is 2.26. The number of benzene rings is 1. The minimum atomic E-state index is -0.593. The normalized spacial score (nSPS) is 15.5. The molecule has 2 rings (SSSR count). The summed E-state index contributed by atoms with van der Waals surface area (Å²) >= 11 is 0. The standard InChI is InChI=1S/C15H21N3O4.2ClH/c1-3-4-12(17-7-5-16-6-8-17)11-9-13(18(20)21)15(19)14(10-11)22-2;;/h3,9-10,12,16,19H,1,4-8H2,2H3;2*1H/t12-;;/m0../s1. The van der Waals surface area contributed by atoms with Crippen LogP contribution in [0.2, 0.25) is 0 Å². The zero-order valence-corrected chi connectivity index (χ0v) is 15.1. The number of aromatic hydroxyl groups is 1. The summed E-state index contributed by atoms with van der Waals surface area (Å²) in [5.41, 5.74) is 0.418. The first-order valence-corrected chi connectivity index (χ1v) is 7.19. The summed E-state index contributed by atoms with van der Waals surface area (Å²) in [6, 6.07) is 3.07. The first-order valence-electron chi connectivity index (χ1n) is 7.19. The van der Waals surface area contributed by atoms with Crippen LogP contribution in [0.3, 0.4) is 0 Å². The average Bonchev–Trinajstić information content (AvgIpc) is 2.53. The Morgan fingerprint density at radius 2 is 2.08 bits per heavy atom. The van der Waals surface area contributed by atoms with Crippen molar-refractivity contribution in [3.8, 4) is 11.5 Å². The number of nitrogens with one attached hydrogen (secondary N) is 1. The number of piperazine rings is 1. The number of ether oxygens (including phenoxy) is 1. The lowest BCUT2D eigenvalue weighted by molar-refractivity contribution is -0.386. The van der Waals surface area contributed by atoms with Gasteiger partial charge in [-0.3, -0.25) is 15.0 Å². The summed E-state index contributed by atoms with van der Waals surface area (Å²) in [6.45, 7) is 7.25. The predicted octanol–water partition coefficient (Wildman–Crippen LogP) is 2.68. The van der Waals surface area contributed by atoms with Gasteiger partial charge in [-0.05, 0) is 18.1 Å². The molecule has 0 aromatic heterocycles. The molecule has 0 radical (unpaired) electrons. The van der Waals surface area contributed by atoms with E-state index in [1.54, 1.807) is 12.1 Å². The van der Waals surface area contributed by atoms with Gasteiger partial charge in [0.25, 0.3) is 0 Å². The molecule has 1 aromatic rings. The third-order valence-corrected chi connectivity index (χ3v) is 3.86. The minimum Gasteiger partial charge on any atom is -0.500 e. The predicted molar refractivity (Wildman–Crippen MR) is 97.8 cm³/mol. The van der Waals surface area contributed by atoms with Gasteiger partial charge in [-0.25, -0.2) is 0 Å². The van der Waals surface area contributed by atoms with E-state index in [9.17, 15) is 15.2 Å². The second-order valence-corrected chi connectivity index (χ2v) is 5.17. The van der Waals surface area contributed by atoms with Gasteiger partial charge in [0, 0.05) is 38.3 Å². The number of nitro groups is 1. The molecule has 0 unspecified atom stereocenters. The number of hydrogen-bond donors (Lipinski definition) is 2. The van der Waals surface area contributed by atoms with Gasteiger partial charge < -0.3 is 15.2 Å². The van der Waals surface area contributed by atoms with Gasteiger partial charge in [-0.2, -0.15) is 0 Å². The zero-order chi connectivity index (χ0) is 16.1. The fourth-order valence-electron chi connectivity index (χ4n) is 2.75. The molecule has 0 saturated carbocycles. The molecular formula is C15H23Cl2N3O4. The van der Waals surface area contributed by atoms with Crippen molar-refractivity contribution in [2.24, 2.45) is 0 Å². The maximum absolute atomic E-state index is 11.1. The molecule has 0 spiro atoms. The highest BCUT2D eigenvalue weighted by Crippen LogP contribution is 2.40. The summed E-state index contributed by atoms with van der Waals surface area (Å²) in [7, 11) is 1.38. The van der Waals surface area contributed by atoms with Crippen LogP contribution in [0.1, 0.15) is 18.0 Å². The molecule has 0 aliphatic carbocycles. The van der Waals surface area contributed by atoms with E-state index in [0.29, 0.717) is 6.42 Å². The van der Waals surface area contributed by atoms with Crippen molar-refractivity contribution in [3.05, 3.63) is 40.5 Å². The Balaban J connectivity index is 0.00000264. The Kier molecular flexibility index (Phi) is 9.69. The largest absolute Gasteiger partial charge is 0.500 e. The molecule has 1 aliphatic rings. The van der Waals surface area contributed by atoms with E-state index in [2.05, 4.69) is 16.8 Å². The SMILES string of the molecule is C=CC[C@@H](c1cc(OC)c(O)c([N+](=O)[O-])c1)N1CCNCC1.Cl.Cl. The van der Waals surface area contributed by atoms with Gasteiger partial charge in [0.15, 0.2) is 5.75 Å². The third kappa shape index (κ3) is 4.98. The molecule has 2 N–H and O–H groups in total. The first kappa shape index (κ1) is 22.5. The van der Waals surface area contributed by atoms with Crippen molar-refractivity contribution in [2.45, 2.75) is 12.5 Å². The molecule has 9 heteroatoms. The van der Waals surface area contributed by atoms with E-state index in [-0.39, 0.29) is 42.3 Å². The molecule has 7 nitrogen and oxygen atoms in total. The number of phenols is 1. The van der Waals surface area contributed by atoms with Crippen molar-refractivity contribution < 1.29 is 14.8 Å². The fraction of sp³-hybridized carbons (Fsp3) is 0.467. The van der Waals surface area contributed by atoms with E-state index >= 15 is 0 Å². The molecule has 1 atom stereocenters. The maximum Gasteiger partial charge on any atom is 0.314 e. The Hall–Kier alpha value is -1.54. The average molecular weight is 380 g/mol. The number of phenolic OH excluding ortho intramolecular Hbond substituents is 1. The second-order valence-electron chi connectivity index (χ2n) is 5.17. The molecular weight excluding hydrogens is 357 g/mol. The van der Waals surface area contributed by atoms with Crippen LogP contribution in [0, 0.1) is 10.1 Å². The van der Waals surface area contributed by atoms with Crippen LogP contribution in [0.15, 0.2) is 24.8 Å². The van der Waals surface area contributed by atoms with Gasteiger partial charge in [-0.15, -0.1) is 31.4 Å². The van der Waals surface area contributed by atoms with Crippen molar-refractivity contribution in [2.75, 3.05) is 33.3 Å². The molecule has 1 fully saturated rings. The minimum absolute atomic E-state index is 0. The van der Waals surface area contributed by atoms with Crippen LogP contribution >= 0.6 is 24.8 Å². The van der Waals surface area contributed by atoms with Gasteiger partial charge in [-0.1, -0.05) is 6.08 Å². The monoisotopic (exact) mass is 379 g/mol. The van der Waals surface area contributed by atoms with Crippen LogP contribution in [0.5, 0.6) is 11.5 Å². The molecule has 1 aliphatic heterocycles. The van der Waals surface area contributed by atoms with Crippen LogP contribution in [0.4, 0.5) is 5.69 Å². The summed E-state index contributed by atoms with van der Waals surface area (Å²) in [4.78, 5) is 12.8. The quantitative estimate of drug-likeness (QED) is 0.448. The molecule has 1 aromatic carbocycles. The lowest BCUT2D eigenvalue weighted by Crippen LogP contribution is -2.45. The molecule has 0 amide bonds. The Morgan fingerprint density at radius 3 is 2.58 bits per heavy atom.